The molecule has 0 N–H and O–H groups in total. The molecular weight excluding hydrogens is 737 g/mol. The molecule has 0 aliphatic carbocycles. The van der Waals surface area contributed by atoms with Crippen LogP contribution >= 0.6 is 71.0 Å². The Morgan fingerprint density at radius 2 is 1.82 bits per heavy atom. The summed E-state index contributed by atoms with van der Waals surface area (Å²) in [6, 6.07) is 12.5. The van der Waals surface area contributed by atoms with Crippen molar-refractivity contribution in [1.29, 1.82) is 0 Å². The Balaban J connectivity index is 1.74. The van der Waals surface area contributed by atoms with E-state index in [1.54, 1.807) is 24.4 Å². The fourth-order valence-electron chi connectivity index (χ4n) is 3.81. The van der Waals surface area contributed by atoms with Crippen LogP contribution in [0.25, 0.3) is 10.9 Å². The fraction of sp³-hybridized carbons (Fsp3) is 0.250. The number of hydrogen-bond donors (Lipinski definition) is 0. The second-order valence-electron chi connectivity index (χ2n) is 8.53. The molecule has 204 valence electrons. The van der Waals surface area contributed by atoms with E-state index in [1.165, 1.54) is 4.68 Å². The number of fused-ring (bicyclic) bond motifs is 1. The highest BCUT2D eigenvalue weighted by molar-refractivity contribution is 9.13. The van der Waals surface area contributed by atoms with E-state index in [0.717, 1.165) is 22.9 Å². The maximum absolute atomic E-state index is 13.4. The molecule has 4 aromatic rings. The highest BCUT2D eigenvalue weighted by atomic mass is 79.9. The number of unbranched alkanes of at least 4 members (excludes halogenated alkanes) is 1. The molecule has 3 aromatic carbocycles. The van der Waals surface area contributed by atoms with Gasteiger partial charge in [0.2, 0.25) is 0 Å². The van der Waals surface area contributed by atoms with Crippen LogP contribution in [0.15, 0.2) is 65.8 Å². The minimum absolute atomic E-state index is 0.211. The molecule has 11 heteroatoms. The van der Waals surface area contributed by atoms with Crippen LogP contribution in [0, 0.1) is 0 Å². The summed E-state index contributed by atoms with van der Waals surface area (Å²) < 4.78 is 15.5. The van der Waals surface area contributed by atoms with Crippen LogP contribution in [0.1, 0.15) is 43.6 Å². The summed E-state index contributed by atoms with van der Waals surface area (Å²) in [5, 5.41) is 6.13. The maximum atomic E-state index is 13.4. The number of ether oxygens (including phenoxy) is 2. The van der Waals surface area contributed by atoms with Crippen molar-refractivity contribution in [3.8, 4) is 11.5 Å². The first kappa shape index (κ1) is 30.1. The Labute approximate surface area is 261 Å². The molecule has 0 radical (unpaired) electrons. The van der Waals surface area contributed by atoms with E-state index >= 15 is 0 Å². The van der Waals surface area contributed by atoms with Crippen molar-refractivity contribution in [3.05, 3.63) is 93.2 Å². The first-order valence-corrected chi connectivity index (χ1v) is 15.3. The van der Waals surface area contributed by atoms with Crippen LogP contribution in [0.2, 0.25) is 10.0 Å². The minimum Gasteiger partial charge on any atom is -0.490 e. The zero-order valence-electron chi connectivity index (χ0n) is 21.1. The third-order valence-corrected chi connectivity index (χ3v) is 9.01. The average molecular weight is 761 g/mol. The van der Waals surface area contributed by atoms with Gasteiger partial charge < -0.3 is 9.47 Å². The molecule has 1 aromatic heterocycles. The van der Waals surface area contributed by atoms with Crippen molar-refractivity contribution in [2.45, 2.75) is 39.7 Å². The van der Waals surface area contributed by atoms with Gasteiger partial charge in [-0.25, -0.2) is 4.98 Å². The highest BCUT2D eigenvalue weighted by Crippen LogP contribution is 2.43. The smallest absolute Gasteiger partial charge is 0.282 e. The lowest BCUT2D eigenvalue weighted by molar-refractivity contribution is 0.267. The molecule has 0 saturated carbocycles. The highest BCUT2D eigenvalue weighted by Gasteiger charge is 2.18. The number of hydrogen-bond acceptors (Lipinski definition) is 5. The number of benzene rings is 3. The van der Waals surface area contributed by atoms with Crippen molar-refractivity contribution in [2.24, 2.45) is 5.10 Å². The van der Waals surface area contributed by atoms with Crippen molar-refractivity contribution < 1.29 is 9.47 Å². The van der Waals surface area contributed by atoms with Crippen LogP contribution in [0.4, 0.5) is 0 Å². The van der Waals surface area contributed by atoms with Gasteiger partial charge in [0, 0.05) is 36.5 Å². The summed E-state index contributed by atoms with van der Waals surface area (Å²) in [7, 11) is 0. The summed E-state index contributed by atoms with van der Waals surface area (Å²) >= 11 is 23.1. The molecule has 0 bridgehead atoms. The van der Waals surface area contributed by atoms with Gasteiger partial charge in [-0.3, -0.25) is 4.79 Å². The quantitative estimate of drug-likeness (QED) is 0.151. The Morgan fingerprint density at radius 1 is 1.03 bits per heavy atom. The molecule has 6 nitrogen and oxygen atoms in total. The lowest BCUT2D eigenvalue weighted by Gasteiger charge is -2.17. The third kappa shape index (κ3) is 7.06. The lowest BCUT2D eigenvalue weighted by Crippen LogP contribution is -2.22. The Bertz CT molecular complexity index is 1610. The van der Waals surface area contributed by atoms with Crippen LogP contribution in [0.3, 0.4) is 0 Å². The number of aryl methyl sites for hydroxylation is 1. The second kappa shape index (κ2) is 13.6. The molecule has 0 fully saturated rings. The van der Waals surface area contributed by atoms with E-state index in [-0.39, 0.29) is 12.2 Å². The zero-order chi connectivity index (χ0) is 28.1. The number of halogens is 5. The fourth-order valence-corrected chi connectivity index (χ4v) is 5.57. The average Bonchev–Trinajstić information content (AvgIpc) is 2.91. The monoisotopic (exact) mass is 757 g/mol. The minimum atomic E-state index is -0.233. The van der Waals surface area contributed by atoms with Gasteiger partial charge in [-0.2, -0.15) is 9.78 Å². The maximum Gasteiger partial charge on any atom is 0.282 e. The molecule has 1 heterocycles. The van der Waals surface area contributed by atoms with E-state index in [0.29, 0.717) is 65.8 Å². The number of rotatable bonds is 10. The predicted octanol–water partition coefficient (Wildman–Crippen LogP) is 9.19. The Morgan fingerprint density at radius 3 is 2.54 bits per heavy atom. The largest absolute Gasteiger partial charge is 0.490 e. The van der Waals surface area contributed by atoms with Gasteiger partial charge in [-0.15, -0.1) is 0 Å². The van der Waals surface area contributed by atoms with E-state index in [2.05, 4.69) is 59.8 Å². The summed E-state index contributed by atoms with van der Waals surface area (Å²) in [6.45, 7) is 4.62. The molecule has 4 rings (SSSR count). The van der Waals surface area contributed by atoms with Crippen molar-refractivity contribution >= 4 is 88.1 Å². The van der Waals surface area contributed by atoms with Crippen molar-refractivity contribution in [3.63, 3.8) is 0 Å². The van der Waals surface area contributed by atoms with Gasteiger partial charge in [0.25, 0.3) is 5.56 Å². The van der Waals surface area contributed by atoms with Crippen LogP contribution in [0.5, 0.6) is 11.5 Å². The first-order valence-electron chi connectivity index (χ1n) is 12.2. The van der Waals surface area contributed by atoms with E-state index in [9.17, 15) is 4.79 Å². The summed E-state index contributed by atoms with van der Waals surface area (Å²) in [5.74, 6) is 1.62. The molecule has 39 heavy (non-hydrogen) atoms. The van der Waals surface area contributed by atoms with E-state index in [1.807, 2.05) is 31.2 Å². The van der Waals surface area contributed by atoms with Crippen LogP contribution < -0.4 is 15.0 Å². The molecule has 0 aliphatic heterocycles. The number of nitrogens with zero attached hydrogens (tertiary/aromatic N) is 3. The molecule has 0 saturated heterocycles. The van der Waals surface area contributed by atoms with Gasteiger partial charge in [0.05, 0.1) is 28.2 Å². The van der Waals surface area contributed by atoms with Crippen molar-refractivity contribution in [2.75, 3.05) is 6.61 Å². The van der Waals surface area contributed by atoms with Gasteiger partial charge in [-0.05, 0) is 81.6 Å². The molecule has 0 atom stereocenters. The molecular formula is C28H24Br3Cl2N3O3. The topological polar surface area (TPSA) is 65.7 Å². The van der Waals surface area contributed by atoms with Gasteiger partial charge >= 0.3 is 0 Å². The molecule has 0 unspecified atom stereocenters. The first-order chi connectivity index (χ1) is 18.7. The Kier molecular flexibility index (Phi) is 10.5. The summed E-state index contributed by atoms with van der Waals surface area (Å²) in [4.78, 5) is 18.2. The molecule has 0 aliphatic rings. The third-order valence-electron chi connectivity index (χ3n) is 5.78. The lowest BCUT2D eigenvalue weighted by atomic mass is 10.2. The predicted molar refractivity (Wildman–Crippen MR) is 169 cm³/mol. The molecule has 0 spiro atoms. The van der Waals surface area contributed by atoms with Crippen LogP contribution in [-0.4, -0.2) is 22.5 Å². The summed E-state index contributed by atoms with van der Waals surface area (Å²) in [6.07, 6.45) is 4.10. The second-order valence-corrected chi connectivity index (χ2v) is 11.9. The van der Waals surface area contributed by atoms with Gasteiger partial charge in [0.15, 0.2) is 11.5 Å². The normalized spacial score (nSPS) is 11.5. The summed E-state index contributed by atoms with van der Waals surface area (Å²) in [5.41, 5.74) is 1.88. The zero-order valence-corrected chi connectivity index (χ0v) is 27.4. The van der Waals surface area contributed by atoms with Gasteiger partial charge in [-0.1, -0.05) is 58.5 Å². The molecule has 0 amide bonds. The van der Waals surface area contributed by atoms with Crippen LogP contribution in [-0.2, 0) is 13.0 Å². The van der Waals surface area contributed by atoms with Gasteiger partial charge in [0.1, 0.15) is 12.4 Å². The SMILES string of the molecule is CCCCc1nc2ccc(Br)cc2c(=O)n1N=Cc1cc(OCC)c(OCc2ccc(Cl)cc2Cl)c(Br)c1Br. The van der Waals surface area contributed by atoms with Crippen molar-refractivity contribution in [1.82, 2.24) is 9.66 Å². The number of aromatic nitrogens is 2. The standard InChI is InChI=1S/C28H24Br3Cl2N3O3/c1-3-5-6-24-35-22-10-8-18(29)12-20(22)28(37)36(24)34-14-17-11-23(38-4-2)27(26(31)25(17)30)39-15-16-7-9-19(32)13-21(16)33/h7-14H,3-6,15H2,1-2H3. The Hall–Kier alpha value is -1.91. The van der Waals surface area contributed by atoms with E-state index in [4.69, 9.17) is 37.7 Å². The van der Waals surface area contributed by atoms with E-state index < -0.39 is 0 Å².